The van der Waals surface area contributed by atoms with Crippen LogP contribution in [0.5, 0.6) is 0 Å². The van der Waals surface area contributed by atoms with Gasteiger partial charge in [0.25, 0.3) is 0 Å². The van der Waals surface area contributed by atoms with E-state index in [0.29, 0.717) is 0 Å². The summed E-state index contributed by atoms with van der Waals surface area (Å²) in [7, 11) is 1.05. The lowest BCUT2D eigenvalue weighted by Gasteiger charge is -2.15. The van der Waals surface area contributed by atoms with Gasteiger partial charge in [-0.15, -0.1) is 0 Å². The summed E-state index contributed by atoms with van der Waals surface area (Å²) in [5.74, 6) is -2.23. The number of carbonyl (C=O) groups excluding carboxylic acids is 1. The standard InChI is InChI=1S/C10H11NO6/c1-17-10(16)8(13)7(12)6-4-5(9(14)15)2-3-11-6/h2-4,7-8,12-13H,1H3,(H,14,15). The number of rotatable bonds is 4. The molecule has 0 fully saturated rings. The van der Waals surface area contributed by atoms with E-state index in [-0.39, 0.29) is 11.3 Å². The van der Waals surface area contributed by atoms with Crippen molar-refractivity contribution < 1.29 is 29.6 Å². The number of aliphatic hydroxyl groups excluding tert-OH is 2. The van der Waals surface area contributed by atoms with Crippen LogP contribution in [0.3, 0.4) is 0 Å². The van der Waals surface area contributed by atoms with E-state index < -0.39 is 24.1 Å². The molecule has 17 heavy (non-hydrogen) atoms. The van der Waals surface area contributed by atoms with Gasteiger partial charge in [0.15, 0.2) is 6.10 Å². The summed E-state index contributed by atoms with van der Waals surface area (Å²) in [6.07, 6.45) is -2.29. The van der Waals surface area contributed by atoms with Crippen molar-refractivity contribution in [1.82, 2.24) is 4.98 Å². The molecule has 2 unspecified atom stereocenters. The first-order chi connectivity index (χ1) is 7.97. The summed E-state index contributed by atoms with van der Waals surface area (Å²) in [5.41, 5.74) is -0.228. The van der Waals surface area contributed by atoms with E-state index in [1.54, 1.807) is 0 Å². The fourth-order valence-corrected chi connectivity index (χ4v) is 1.15. The van der Waals surface area contributed by atoms with E-state index in [2.05, 4.69) is 9.72 Å². The normalized spacial score (nSPS) is 13.8. The van der Waals surface area contributed by atoms with Crippen LogP contribution in [-0.2, 0) is 9.53 Å². The van der Waals surface area contributed by atoms with Crippen LogP contribution in [0.1, 0.15) is 22.2 Å². The molecule has 0 saturated carbocycles. The van der Waals surface area contributed by atoms with Crippen molar-refractivity contribution in [3.8, 4) is 0 Å². The van der Waals surface area contributed by atoms with Crippen LogP contribution in [0.25, 0.3) is 0 Å². The zero-order chi connectivity index (χ0) is 13.0. The molecule has 0 amide bonds. The van der Waals surface area contributed by atoms with E-state index in [9.17, 15) is 19.8 Å². The molecule has 0 radical (unpaired) electrons. The van der Waals surface area contributed by atoms with Crippen molar-refractivity contribution in [1.29, 1.82) is 0 Å². The van der Waals surface area contributed by atoms with Crippen LogP contribution in [0.4, 0.5) is 0 Å². The highest BCUT2D eigenvalue weighted by molar-refractivity contribution is 5.87. The third-order valence-electron chi connectivity index (χ3n) is 2.07. The monoisotopic (exact) mass is 241 g/mol. The Morgan fingerprint density at radius 3 is 2.59 bits per heavy atom. The summed E-state index contributed by atoms with van der Waals surface area (Å²) < 4.78 is 4.24. The average molecular weight is 241 g/mol. The molecule has 0 aliphatic heterocycles. The number of carboxylic acid groups (broad SMARTS) is 1. The first-order valence-electron chi connectivity index (χ1n) is 4.60. The van der Waals surface area contributed by atoms with Crippen molar-refractivity contribution >= 4 is 11.9 Å². The van der Waals surface area contributed by atoms with E-state index >= 15 is 0 Å². The molecule has 0 bridgehead atoms. The van der Waals surface area contributed by atoms with Gasteiger partial charge < -0.3 is 20.1 Å². The van der Waals surface area contributed by atoms with Crippen LogP contribution in [0.15, 0.2) is 18.3 Å². The highest BCUT2D eigenvalue weighted by atomic mass is 16.5. The summed E-state index contributed by atoms with van der Waals surface area (Å²) >= 11 is 0. The lowest BCUT2D eigenvalue weighted by atomic mass is 10.1. The highest BCUT2D eigenvalue weighted by Crippen LogP contribution is 2.16. The molecular formula is C10H11NO6. The highest BCUT2D eigenvalue weighted by Gasteiger charge is 2.27. The van der Waals surface area contributed by atoms with Crippen LogP contribution in [0.2, 0.25) is 0 Å². The number of hydrogen-bond donors (Lipinski definition) is 3. The molecule has 3 N–H and O–H groups in total. The van der Waals surface area contributed by atoms with E-state index in [4.69, 9.17) is 5.11 Å². The maximum absolute atomic E-state index is 11.0. The number of hydrogen-bond acceptors (Lipinski definition) is 6. The summed E-state index contributed by atoms with van der Waals surface area (Å²) in [4.78, 5) is 25.3. The number of carbonyl (C=O) groups is 2. The number of nitrogens with zero attached hydrogens (tertiary/aromatic N) is 1. The minimum atomic E-state index is -1.81. The second-order valence-electron chi connectivity index (χ2n) is 3.19. The van der Waals surface area contributed by atoms with Gasteiger partial charge in [0.1, 0.15) is 6.10 Å². The van der Waals surface area contributed by atoms with Gasteiger partial charge >= 0.3 is 11.9 Å². The van der Waals surface area contributed by atoms with Crippen molar-refractivity contribution in [3.05, 3.63) is 29.6 Å². The van der Waals surface area contributed by atoms with Crippen molar-refractivity contribution in [2.45, 2.75) is 12.2 Å². The number of pyridine rings is 1. The smallest absolute Gasteiger partial charge is 0.337 e. The first kappa shape index (κ1) is 13.1. The van der Waals surface area contributed by atoms with Crippen molar-refractivity contribution in [2.24, 2.45) is 0 Å². The predicted octanol–water partition coefficient (Wildman–Crippen LogP) is -0.653. The third kappa shape index (κ3) is 2.99. The van der Waals surface area contributed by atoms with Gasteiger partial charge in [0.05, 0.1) is 18.4 Å². The third-order valence-corrected chi connectivity index (χ3v) is 2.07. The zero-order valence-corrected chi connectivity index (χ0v) is 8.90. The zero-order valence-electron chi connectivity index (χ0n) is 8.90. The Morgan fingerprint density at radius 1 is 1.41 bits per heavy atom. The molecule has 2 atom stereocenters. The molecule has 0 aliphatic rings. The maximum Gasteiger partial charge on any atom is 0.337 e. The minimum absolute atomic E-state index is 0.105. The Morgan fingerprint density at radius 2 is 2.06 bits per heavy atom. The number of esters is 1. The second kappa shape index (κ2) is 5.37. The minimum Gasteiger partial charge on any atom is -0.478 e. The van der Waals surface area contributed by atoms with Gasteiger partial charge in [-0.05, 0) is 12.1 Å². The lowest BCUT2D eigenvalue weighted by Crippen LogP contribution is -2.29. The molecule has 0 aliphatic carbocycles. The molecule has 0 spiro atoms. The first-order valence-corrected chi connectivity index (χ1v) is 4.60. The Balaban J connectivity index is 2.96. The lowest BCUT2D eigenvalue weighted by molar-refractivity contribution is -0.157. The summed E-state index contributed by atoms with van der Waals surface area (Å²) in [5, 5.41) is 27.7. The number of aromatic carboxylic acids is 1. The number of ether oxygens (including phenoxy) is 1. The number of aliphatic hydroxyl groups is 2. The Kier molecular flexibility index (Phi) is 4.13. The molecule has 7 nitrogen and oxygen atoms in total. The summed E-state index contributed by atoms with van der Waals surface area (Å²) in [6, 6.07) is 2.29. The van der Waals surface area contributed by atoms with Crippen LogP contribution < -0.4 is 0 Å². The maximum atomic E-state index is 11.0. The summed E-state index contributed by atoms with van der Waals surface area (Å²) in [6.45, 7) is 0. The molecule has 1 aromatic rings. The molecule has 1 heterocycles. The van der Waals surface area contributed by atoms with Crippen molar-refractivity contribution in [2.75, 3.05) is 7.11 Å². The fraction of sp³-hybridized carbons (Fsp3) is 0.300. The average Bonchev–Trinajstić information content (AvgIpc) is 2.36. The molecular weight excluding hydrogens is 230 g/mol. The van der Waals surface area contributed by atoms with Crippen molar-refractivity contribution in [3.63, 3.8) is 0 Å². The molecule has 0 saturated heterocycles. The SMILES string of the molecule is COC(=O)C(O)C(O)c1cc(C(=O)O)ccn1. The van der Waals surface area contributed by atoms with E-state index in [0.717, 1.165) is 19.4 Å². The van der Waals surface area contributed by atoms with E-state index in [1.807, 2.05) is 0 Å². The predicted molar refractivity (Wildman–Crippen MR) is 54.2 cm³/mol. The van der Waals surface area contributed by atoms with Crippen LogP contribution >= 0.6 is 0 Å². The Hall–Kier alpha value is -1.99. The van der Waals surface area contributed by atoms with Gasteiger partial charge in [0.2, 0.25) is 0 Å². The molecule has 1 rings (SSSR count). The van der Waals surface area contributed by atoms with Gasteiger partial charge in [-0.25, -0.2) is 9.59 Å². The quantitative estimate of drug-likeness (QED) is 0.599. The van der Waals surface area contributed by atoms with Gasteiger partial charge in [-0.1, -0.05) is 0 Å². The second-order valence-corrected chi connectivity index (χ2v) is 3.19. The van der Waals surface area contributed by atoms with Gasteiger partial charge in [0, 0.05) is 6.20 Å². The Labute approximate surface area is 96.3 Å². The van der Waals surface area contributed by atoms with Crippen LogP contribution in [0, 0.1) is 0 Å². The molecule has 0 aromatic carbocycles. The Bertz CT molecular complexity index is 433. The number of carboxylic acids is 1. The van der Waals surface area contributed by atoms with Gasteiger partial charge in [-0.2, -0.15) is 0 Å². The van der Waals surface area contributed by atoms with Crippen LogP contribution in [-0.4, -0.2) is 45.5 Å². The molecule has 1 aromatic heterocycles. The number of methoxy groups -OCH3 is 1. The number of aromatic nitrogens is 1. The fourth-order valence-electron chi connectivity index (χ4n) is 1.15. The van der Waals surface area contributed by atoms with Gasteiger partial charge in [-0.3, -0.25) is 4.98 Å². The molecule has 92 valence electrons. The topological polar surface area (TPSA) is 117 Å². The largest absolute Gasteiger partial charge is 0.478 e. The van der Waals surface area contributed by atoms with E-state index in [1.165, 1.54) is 6.07 Å². The molecule has 7 heteroatoms.